The quantitative estimate of drug-likeness (QED) is 0.475. The highest BCUT2D eigenvalue weighted by molar-refractivity contribution is 5.71. The van der Waals surface area contributed by atoms with E-state index in [4.69, 9.17) is 4.74 Å². The number of ether oxygens (including phenoxy) is 1. The zero-order chi connectivity index (χ0) is 11.1. The molecule has 2 atom stereocenters. The van der Waals surface area contributed by atoms with Gasteiger partial charge in [-0.15, -0.1) is 0 Å². The molecule has 0 radical (unpaired) electrons. The Labute approximate surface area is 93.4 Å². The van der Waals surface area contributed by atoms with Crippen LogP contribution in [0.2, 0.25) is 0 Å². The van der Waals surface area contributed by atoms with Gasteiger partial charge in [-0.1, -0.05) is 46.0 Å². The van der Waals surface area contributed by atoms with E-state index in [-0.39, 0.29) is 12.1 Å². The minimum atomic E-state index is -0.00168. The van der Waals surface area contributed by atoms with Crippen LogP contribution >= 0.6 is 0 Å². The molecule has 2 heteroatoms. The van der Waals surface area contributed by atoms with Crippen LogP contribution in [0.5, 0.6) is 0 Å². The first-order valence-electron chi connectivity index (χ1n) is 6.41. The molecule has 1 heterocycles. The van der Waals surface area contributed by atoms with Crippen LogP contribution in [0, 0.1) is 5.92 Å². The van der Waals surface area contributed by atoms with Crippen molar-refractivity contribution in [3.05, 3.63) is 0 Å². The molecule has 0 N–H and O–H groups in total. The Balaban J connectivity index is 2.02. The van der Waals surface area contributed by atoms with Gasteiger partial charge in [-0.2, -0.15) is 0 Å². The number of esters is 1. The van der Waals surface area contributed by atoms with Crippen molar-refractivity contribution < 1.29 is 9.53 Å². The molecule has 1 rings (SSSR count). The molecule has 1 unspecified atom stereocenters. The van der Waals surface area contributed by atoms with Gasteiger partial charge < -0.3 is 4.74 Å². The zero-order valence-electron chi connectivity index (χ0n) is 10.1. The van der Waals surface area contributed by atoms with Crippen molar-refractivity contribution in [3.63, 3.8) is 0 Å². The van der Waals surface area contributed by atoms with Crippen LogP contribution < -0.4 is 0 Å². The molecule has 2 nitrogen and oxygen atoms in total. The number of carbonyl (C=O) groups is 1. The van der Waals surface area contributed by atoms with E-state index in [0.717, 1.165) is 12.8 Å². The Morgan fingerprint density at radius 2 is 2.20 bits per heavy atom. The molecule has 15 heavy (non-hydrogen) atoms. The van der Waals surface area contributed by atoms with E-state index in [0.29, 0.717) is 12.3 Å². The molecule has 1 aliphatic heterocycles. The highest BCUT2D eigenvalue weighted by Crippen LogP contribution is 2.23. The fourth-order valence-electron chi connectivity index (χ4n) is 2.23. The summed E-state index contributed by atoms with van der Waals surface area (Å²) in [6, 6.07) is 0. The van der Waals surface area contributed by atoms with Crippen molar-refractivity contribution >= 4 is 5.97 Å². The molecule has 1 saturated heterocycles. The highest BCUT2D eigenvalue weighted by atomic mass is 16.5. The largest absolute Gasteiger partial charge is 0.462 e. The van der Waals surface area contributed by atoms with Crippen LogP contribution in [0.3, 0.4) is 0 Å². The number of rotatable bonds is 7. The van der Waals surface area contributed by atoms with Crippen LogP contribution in [-0.4, -0.2) is 12.1 Å². The molecule has 0 aromatic heterocycles. The van der Waals surface area contributed by atoms with E-state index < -0.39 is 0 Å². The molecule has 0 aromatic rings. The molecular weight excluding hydrogens is 188 g/mol. The maximum absolute atomic E-state index is 10.9. The van der Waals surface area contributed by atoms with Crippen LogP contribution in [0.1, 0.15) is 65.2 Å². The van der Waals surface area contributed by atoms with Crippen LogP contribution in [0.4, 0.5) is 0 Å². The van der Waals surface area contributed by atoms with E-state index in [1.165, 1.54) is 32.1 Å². The molecule has 1 aliphatic rings. The number of hydrogen-bond donors (Lipinski definition) is 0. The number of cyclic esters (lactones) is 1. The molecule has 0 amide bonds. The van der Waals surface area contributed by atoms with Gasteiger partial charge in [0.1, 0.15) is 6.10 Å². The summed E-state index contributed by atoms with van der Waals surface area (Å²) in [4.78, 5) is 10.9. The number of carbonyl (C=O) groups excluding carboxylic acids is 1. The maximum atomic E-state index is 10.9. The summed E-state index contributed by atoms with van der Waals surface area (Å²) in [5.41, 5.74) is 0. The third kappa shape index (κ3) is 5.19. The minimum Gasteiger partial charge on any atom is -0.462 e. The second kappa shape index (κ2) is 6.86. The summed E-state index contributed by atoms with van der Waals surface area (Å²) in [6.45, 7) is 4.51. The molecule has 1 fully saturated rings. The SMILES string of the molecule is CCCCCCC(C)C[C@H]1CCC(=O)O1. The van der Waals surface area contributed by atoms with E-state index in [2.05, 4.69) is 13.8 Å². The minimum absolute atomic E-state index is 0.00168. The Morgan fingerprint density at radius 3 is 2.80 bits per heavy atom. The van der Waals surface area contributed by atoms with Crippen molar-refractivity contribution in [1.82, 2.24) is 0 Å². The van der Waals surface area contributed by atoms with Gasteiger partial charge in [0.2, 0.25) is 0 Å². The van der Waals surface area contributed by atoms with Crippen molar-refractivity contribution in [2.75, 3.05) is 0 Å². The Hall–Kier alpha value is -0.530. The Morgan fingerprint density at radius 1 is 1.40 bits per heavy atom. The van der Waals surface area contributed by atoms with Gasteiger partial charge in [-0.25, -0.2) is 0 Å². The van der Waals surface area contributed by atoms with E-state index >= 15 is 0 Å². The van der Waals surface area contributed by atoms with Gasteiger partial charge in [-0.3, -0.25) is 4.79 Å². The Kier molecular flexibility index (Phi) is 5.74. The van der Waals surface area contributed by atoms with Gasteiger partial charge in [-0.05, 0) is 18.8 Å². The average molecular weight is 212 g/mol. The third-order valence-corrected chi connectivity index (χ3v) is 3.18. The lowest BCUT2D eigenvalue weighted by Gasteiger charge is -2.15. The van der Waals surface area contributed by atoms with Gasteiger partial charge in [0.15, 0.2) is 0 Å². The van der Waals surface area contributed by atoms with E-state index in [1.54, 1.807) is 0 Å². The fraction of sp³-hybridized carbons (Fsp3) is 0.923. The van der Waals surface area contributed by atoms with E-state index in [9.17, 15) is 4.79 Å². The molecule has 88 valence electrons. The van der Waals surface area contributed by atoms with Crippen molar-refractivity contribution in [3.8, 4) is 0 Å². The third-order valence-electron chi connectivity index (χ3n) is 3.18. The number of unbranched alkanes of at least 4 members (excludes halogenated alkanes) is 3. The van der Waals surface area contributed by atoms with Gasteiger partial charge in [0.25, 0.3) is 0 Å². The van der Waals surface area contributed by atoms with Crippen molar-refractivity contribution in [2.24, 2.45) is 5.92 Å². The fourth-order valence-corrected chi connectivity index (χ4v) is 2.23. The first-order chi connectivity index (χ1) is 7.22. The summed E-state index contributed by atoms with van der Waals surface area (Å²) in [5, 5.41) is 0. The van der Waals surface area contributed by atoms with Crippen LogP contribution in [-0.2, 0) is 9.53 Å². The molecule has 0 aromatic carbocycles. The summed E-state index contributed by atoms with van der Waals surface area (Å²) >= 11 is 0. The smallest absolute Gasteiger partial charge is 0.306 e. The van der Waals surface area contributed by atoms with E-state index in [1.807, 2.05) is 0 Å². The second-order valence-electron chi connectivity index (χ2n) is 4.84. The monoisotopic (exact) mass is 212 g/mol. The second-order valence-corrected chi connectivity index (χ2v) is 4.84. The predicted molar refractivity (Wildman–Crippen MR) is 61.7 cm³/mol. The summed E-state index contributed by atoms with van der Waals surface area (Å²) < 4.78 is 5.22. The summed E-state index contributed by atoms with van der Waals surface area (Å²) in [6.07, 6.45) is 9.48. The normalized spacial score (nSPS) is 22.8. The Bertz CT molecular complexity index is 189. The molecular formula is C13H24O2. The highest BCUT2D eigenvalue weighted by Gasteiger charge is 2.24. The number of hydrogen-bond acceptors (Lipinski definition) is 2. The first kappa shape index (κ1) is 12.5. The lowest BCUT2D eigenvalue weighted by molar-refractivity contribution is -0.141. The summed E-state index contributed by atoms with van der Waals surface area (Å²) in [5.74, 6) is 0.705. The lowest BCUT2D eigenvalue weighted by atomic mass is 9.96. The first-order valence-corrected chi connectivity index (χ1v) is 6.41. The lowest BCUT2D eigenvalue weighted by Crippen LogP contribution is -2.11. The van der Waals surface area contributed by atoms with Crippen LogP contribution in [0.25, 0.3) is 0 Å². The van der Waals surface area contributed by atoms with Crippen molar-refractivity contribution in [2.45, 2.75) is 71.3 Å². The zero-order valence-corrected chi connectivity index (χ0v) is 10.1. The molecule has 0 aliphatic carbocycles. The van der Waals surface area contributed by atoms with Crippen LogP contribution in [0.15, 0.2) is 0 Å². The standard InChI is InChI=1S/C13H24O2/c1-3-4-5-6-7-11(2)10-12-8-9-13(14)15-12/h11-12H,3-10H2,1-2H3/t11?,12-/m1/s1. The topological polar surface area (TPSA) is 26.3 Å². The average Bonchev–Trinajstić information content (AvgIpc) is 2.59. The van der Waals surface area contributed by atoms with Gasteiger partial charge in [0.05, 0.1) is 0 Å². The van der Waals surface area contributed by atoms with Crippen molar-refractivity contribution in [1.29, 1.82) is 0 Å². The maximum Gasteiger partial charge on any atom is 0.306 e. The molecule has 0 bridgehead atoms. The molecule has 0 spiro atoms. The predicted octanol–water partition coefficient (Wildman–Crippen LogP) is 3.69. The summed E-state index contributed by atoms with van der Waals surface area (Å²) in [7, 11) is 0. The van der Waals surface area contributed by atoms with Gasteiger partial charge >= 0.3 is 5.97 Å². The molecule has 0 saturated carbocycles. The van der Waals surface area contributed by atoms with Gasteiger partial charge in [0, 0.05) is 6.42 Å².